The number of hydrogen-bond acceptors (Lipinski definition) is 5. The molecule has 0 N–H and O–H groups in total. The van der Waals surface area contributed by atoms with E-state index in [0.717, 1.165) is 11.1 Å². The molecule has 0 aromatic carbocycles. The normalized spacial score (nSPS) is 11.7. The Morgan fingerprint density at radius 1 is 1.38 bits per heavy atom. The molecule has 0 aliphatic heterocycles. The number of hydrogen-bond donors (Lipinski definition) is 0. The summed E-state index contributed by atoms with van der Waals surface area (Å²) in [6, 6.07) is 0. The lowest BCUT2D eigenvalue weighted by Gasteiger charge is -2.23. The molecule has 0 radical (unpaired) electrons. The summed E-state index contributed by atoms with van der Waals surface area (Å²) in [7, 11) is 1.81. The first-order valence-corrected chi connectivity index (χ1v) is 6.93. The lowest BCUT2D eigenvalue weighted by Crippen LogP contribution is -2.25. The molecule has 0 aliphatic carbocycles. The van der Waals surface area contributed by atoms with Gasteiger partial charge in [-0.2, -0.15) is 5.10 Å². The molecule has 2 aromatic heterocycles. The van der Waals surface area contributed by atoms with Crippen molar-refractivity contribution in [3.05, 3.63) is 17.5 Å². The van der Waals surface area contributed by atoms with Crippen LogP contribution in [0.4, 0.5) is 0 Å². The maximum Gasteiger partial charge on any atom is 0.343 e. The van der Waals surface area contributed by atoms with Gasteiger partial charge in [-0.3, -0.25) is 4.68 Å². The molecule has 21 heavy (non-hydrogen) atoms. The summed E-state index contributed by atoms with van der Waals surface area (Å²) in [5.74, 6) is 0.0472. The lowest BCUT2D eigenvalue weighted by molar-refractivity contribution is 0.0513. The Labute approximate surface area is 124 Å². The molecule has 114 valence electrons. The average molecular weight is 291 g/mol. The van der Waals surface area contributed by atoms with Crippen molar-refractivity contribution in [3.63, 3.8) is 0 Å². The van der Waals surface area contributed by atoms with E-state index in [1.165, 1.54) is 6.20 Å². The van der Waals surface area contributed by atoms with Crippen LogP contribution in [0.2, 0.25) is 0 Å². The highest BCUT2D eigenvalue weighted by atomic mass is 16.5. The fourth-order valence-corrected chi connectivity index (χ4v) is 2.15. The largest absolute Gasteiger partial charge is 0.486 e. The average Bonchev–Trinajstić information content (AvgIpc) is 2.64. The maximum absolute atomic E-state index is 12.1. The smallest absolute Gasteiger partial charge is 0.343 e. The predicted octanol–water partition coefficient (Wildman–Crippen LogP) is 2.63. The molecule has 0 unspecified atom stereocenters. The van der Waals surface area contributed by atoms with Gasteiger partial charge in [0.05, 0.1) is 17.7 Å². The number of aromatic nitrogens is 3. The van der Waals surface area contributed by atoms with E-state index in [2.05, 4.69) is 10.1 Å². The third-order valence-electron chi connectivity index (χ3n) is 2.88. The van der Waals surface area contributed by atoms with Gasteiger partial charge < -0.3 is 9.47 Å². The summed E-state index contributed by atoms with van der Waals surface area (Å²) in [5.41, 5.74) is 1.33. The molecule has 2 heterocycles. The topological polar surface area (TPSA) is 66.2 Å². The third-order valence-corrected chi connectivity index (χ3v) is 2.88. The van der Waals surface area contributed by atoms with E-state index in [-0.39, 0.29) is 0 Å². The zero-order valence-electron chi connectivity index (χ0n) is 13.4. The summed E-state index contributed by atoms with van der Waals surface area (Å²) in [6.45, 7) is 9.73. The van der Waals surface area contributed by atoms with Gasteiger partial charge in [0.15, 0.2) is 5.65 Å². The number of nitrogens with zero attached hydrogens (tertiary/aromatic N) is 3. The number of ether oxygens (including phenoxy) is 2. The van der Waals surface area contributed by atoms with Crippen LogP contribution >= 0.6 is 0 Å². The Bertz CT molecular complexity index is 684. The third kappa shape index (κ3) is 2.99. The minimum Gasteiger partial charge on any atom is -0.486 e. The Morgan fingerprint density at radius 2 is 2.05 bits per heavy atom. The number of aryl methyl sites for hydroxylation is 2. The van der Waals surface area contributed by atoms with Crippen molar-refractivity contribution in [2.75, 3.05) is 6.61 Å². The molecule has 0 bridgehead atoms. The highest BCUT2D eigenvalue weighted by Gasteiger charge is 2.25. The summed E-state index contributed by atoms with van der Waals surface area (Å²) in [5, 5.41) is 5.10. The fourth-order valence-electron chi connectivity index (χ4n) is 2.15. The number of fused-ring (bicyclic) bond motifs is 1. The van der Waals surface area contributed by atoms with Gasteiger partial charge in [0.1, 0.15) is 16.9 Å². The van der Waals surface area contributed by atoms with Gasteiger partial charge in [0, 0.05) is 13.2 Å². The molecule has 0 fully saturated rings. The summed E-state index contributed by atoms with van der Waals surface area (Å²) in [4.78, 5) is 16.5. The van der Waals surface area contributed by atoms with Gasteiger partial charge >= 0.3 is 5.97 Å². The van der Waals surface area contributed by atoms with Crippen LogP contribution in [0.3, 0.4) is 0 Å². The maximum atomic E-state index is 12.1. The first kappa shape index (κ1) is 15.3. The minimum absolute atomic E-state index is 0.303. The molecule has 2 rings (SSSR count). The number of esters is 1. The van der Waals surface area contributed by atoms with Gasteiger partial charge in [-0.15, -0.1) is 0 Å². The molecular formula is C15H21N3O3. The molecule has 0 saturated carbocycles. The quantitative estimate of drug-likeness (QED) is 0.813. The summed E-state index contributed by atoms with van der Waals surface area (Å²) in [6.07, 6.45) is 1.49. The van der Waals surface area contributed by atoms with Crippen LogP contribution in [-0.4, -0.2) is 32.9 Å². The zero-order valence-corrected chi connectivity index (χ0v) is 13.4. The van der Waals surface area contributed by atoms with Crippen LogP contribution < -0.4 is 4.74 Å². The van der Waals surface area contributed by atoms with Crippen molar-refractivity contribution in [1.82, 2.24) is 14.8 Å². The molecule has 0 spiro atoms. The van der Waals surface area contributed by atoms with Crippen LogP contribution in [0.1, 0.15) is 43.7 Å². The number of rotatable bonds is 3. The highest BCUT2D eigenvalue weighted by Crippen LogP contribution is 2.33. The number of carbonyl (C=O) groups excluding carboxylic acids is 1. The first-order valence-electron chi connectivity index (χ1n) is 6.93. The van der Waals surface area contributed by atoms with Crippen LogP contribution in [0, 0.1) is 6.92 Å². The van der Waals surface area contributed by atoms with E-state index >= 15 is 0 Å². The monoisotopic (exact) mass is 291 g/mol. The van der Waals surface area contributed by atoms with Crippen LogP contribution in [0.5, 0.6) is 5.75 Å². The van der Waals surface area contributed by atoms with Crippen molar-refractivity contribution < 1.29 is 14.3 Å². The molecule has 2 aromatic rings. The zero-order chi connectivity index (χ0) is 15.8. The summed E-state index contributed by atoms with van der Waals surface area (Å²) < 4.78 is 12.8. The van der Waals surface area contributed by atoms with Gasteiger partial charge in [-0.05, 0) is 34.6 Å². The Kier molecular flexibility index (Phi) is 3.89. The van der Waals surface area contributed by atoms with E-state index in [9.17, 15) is 4.79 Å². The molecule has 0 saturated heterocycles. The number of carbonyl (C=O) groups is 1. The molecule has 0 aliphatic rings. The predicted molar refractivity (Wildman–Crippen MR) is 79.6 cm³/mol. The highest BCUT2D eigenvalue weighted by molar-refractivity contribution is 5.99. The van der Waals surface area contributed by atoms with Crippen molar-refractivity contribution in [3.8, 4) is 5.75 Å². The Morgan fingerprint density at radius 3 is 2.62 bits per heavy atom. The van der Waals surface area contributed by atoms with E-state index in [1.807, 2.05) is 34.7 Å². The second-order valence-corrected chi connectivity index (χ2v) is 5.84. The van der Waals surface area contributed by atoms with Gasteiger partial charge in [-0.25, -0.2) is 9.78 Å². The van der Waals surface area contributed by atoms with Crippen LogP contribution in [0.25, 0.3) is 11.0 Å². The Hall–Kier alpha value is -2.11. The van der Waals surface area contributed by atoms with Gasteiger partial charge in [-0.1, -0.05) is 0 Å². The second-order valence-electron chi connectivity index (χ2n) is 5.84. The van der Waals surface area contributed by atoms with E-state index in [0.29, 0.717) is 23.6 Å². The van der Waals surface area contributed by atoms with Crippen molar-refractivity contribution in [2.45, 2.75) is 40.2 Å². The Balaban J connectivity index is 2.71. The fraction of sp³-hybridized carbons (Fsp3) is 0.533. The van der Waals surface area contributed by atoms with Crippen LogP contribution in [0.15, 0.2) is 6.20 Å². The van der Waals surface area contributed by atoms with Crippen molar-refractivity contribution in [2.24, 2.45) is 7.05 Å². The number of pyridine rings is 1. The van der Waals surface area contributed by atoms with Gasteiger partial charge in [0.25, 0.3) is 0 Å². The molecule has 0 atom stereocenters. The molecule has 0 amide bonds. The van der Waals surface area contributed by atoms with Crippen molar-refractivity contribution >= 4 is 17.0 Å². The van der Waals surface area contributed by atoms with Gasteiger partial charge in [0.2, 0.25) is 0 Å². The van der Waals surface area contributed by atoms with E-state index in [1.54, 1.807) is 11.6 Å². The van der Waals surface area contributed by atoms with E-state index in [4.69, 9.17) is 9.47 Å². The SMILES string of the molecule is CCOC(=O)c1cnc2c(c(C)nn2C)c1OC(C)(C)C. The lowest BCUT2D eigenvalue weighted by atomic mass is 10.1. The first-order chi connectivity index (χ1) is 9.74. The summed E-state index contributed by atoms with van der Waals surface area (Å²) >= 11 is 0. The van der Waals surface area contributed by atoms with Crippen molar-refractivity contribution in [1.29, 1.82) is 0 Å². The van der Waals surface area contributed by atoms with Crippen LogP contribution in [-0.2, 0) is 11.8 Å². The molecular weight excluding hydrogens is 270 g/mol. The van der Waals surface area contributed by atoms with E-state index < -0.39 is 11.6 Å². The molecule has 6 heteroatoms. The second kappa shape index (κ2) is 5.35. The molecule has 6 nitrogen and oxygen atoms in total. The minimum atomic E-state index is -0.447. The standard InChI is InChI=1S/C15H21N3O3/c1-7-20-14(19)10-8-16-13-11(9(2)17-18(13)6)12(10)21-15(3,4)5/h8H,7H2,1-6H3.